The van der Waals surface area contributed by atoms with Crippen molar-refractivity contribution in [2.24, 2.45) is 11.7 Å². The number of hydrogen-bond donors (Lipinski definition) is 3. The van der Waals surface area contributed by atoms with Gasteiger partial charge in [-0.25, -0.2) is 4.79 Å². The SMILES string of the molecule is NC(=O)C(O)C(Cc1ccccc1)NC(=O)OCC1CC1. The van der Waals surface area contributed by atoms with E-state index in [0.717, 1.165) is 18.4 Å². The maximum absolute atomic E-state index is 11.7. The van der Waals surface area contributed by atoms with E-state index in [0.29, 0.717) is 18.9 Å². The molecule has 0 radical (unpaired) electrons. The molecule has 1 aliphatic carbocycles. The molecule has 1 aromatic carbocycles. The Kier molecular flexibility index (Phi) is 5.16. The lowest BCUT2D eigenvalue weighted by Gasteiger charge is -2.22. The van der Waals surface area contributed by atoms with Gasteiger partial charge < -0.3 is 20.9 Å². The topological polar surface area (TPSA) is 102 Å². The molecule has 21 heavy (non-hydrogen) atoms. The quantitative estimate of drug-likeness (QED) is 0.684. The van der Waals surface area contributed by atoms with Gasteiger partial charge in [-0.1, -0.05) is 30.3 Å². The smallest absolute Gasteiger partial charge is 0.407 e. The van der Waals surface area contributed by atoms with Crippen LogP contribution in [-0.2, 0) is 16.0 Å². The summed E-state index contributed by atoms with van der Waals surface area (Å²) in [6, 6.07) is 8.43. The number of rotatable bonds is 7. The second kappa shape index (κ2) is 7.08. The van der Waals surface area contributed by atoms with E-state index < -0.39 is 24.1 Å². The van der Waals surface area contributed by atoms with Crippen molar-refractivity contribution in [2.45, 2.75) is 31.4 Å². The third-order valence-corrected chi connectivity index (χ3v) is 3.42. The molecule has 1 aliphatic rings. The van der Waals surface area contributed by atoms with E-state index in [1.165, 1.54) is 0 Å². The van der Waals surface area contributed by atoms with Gasteiger partial charge in [-0.15, -0.1) is 0 Å². The molecule has 2 rings (SSSR count). The van der Waals surface area contributed by atoms with Gasteiger partial charge in [0.05, 0.1) is 12.6 Å². The van der Waals surface area contributed by atoms with Crippen molar-refractivity contribution in [1.29, 1.82) is 0 Å². The minimum absolute atomic E-state index is 0.295. The minimum Gasteiger partial charge on any atom is -0.449 e. The predicted molar refractivity (Wildman–Crippen MR) is 76.3 cm³/mol. The van der Waals surface area contributed by atoms with E-state index in [-0.39, 0.29) is 0 Å². The molecular formula is C15H20N2O4. The fourth-order valence-electron chi connectivity index (χ4n) is 1.98. The number of ether oxygens (including phenoxy) is 1. The monoisotopic (exact) mass is 292 g/mol. The van der Waals surface area contributed by atoms with E-state index in [9.17, 15) is 14.7 Å². The molecule has 0 spiro atoms. The van der Waals surface area contributed by atoms with E-state index >= 15 is 0 Å². The number of amides is 2. The molecule has 114 valence electrons. The molecule has 0 aliphatic heterocycles. The van der Waals surface area contributed by atoms with Crippen LogP contribution in [0.4, 0.5) is 4.79 Å². The number of carbonyl (C=O) groups is 2. The third-order valence-electron chi connectivity index (χ3n) is 3.42. The number of hydrogen-bond acceptors (Lipinski definition) is 4. The first-order chi connectivity index (χ1) is 10.1. The van der Waals surface area contributed by atoms with Gasteiger partial charge in [0.2, 0.25) is 5.91 Å². The zero-order valence-electron chi connectivity index (χ0n) is 11.7. The zero-order chi connectivity index (χ0) is 15.2. The van der Waals surface area contributed by atoms with Gasteiger partial charge in [-0.2, -0.15) is 0 Å². The van der Waals surface area contributed by atoms with Gasteiger partial charge in [0.15, 0.2) is 6.10 Å². The van der Waals surface area contributed by atoms with Gasteiger partial charge >= 0.3 is 6.09 Å². The Labute approximate surface area is 123 Å². The molecule has 6 nitrogen and oxygen atoms in total. The first-order valence-corrected chi connectivity index (χ1v) is 7.01. The lowest BCUT2D eigenvalue weighted by Crippen LogP contribution is -2.50. The van der Waals surface area contributed by atoms with E-state index in [1.807, 2.05) is 30.3 Å². The number of benzene rings is 1. The summed E-state index contributed by atoms with van der Waals surface area (Å²) in [5.41, 5.74) is 6.00. The summed E-state index contributed by atoms with van der Waals surface area (Å²) in [5, 5.41) is 12.4. The summed E-state index contributed by atoms with van der Waals surface area (Å²) in [4.78, 5) is 22.9. The van der Waals surface area contributed by atoms with Crippen molar-refractivity contribution in [1.82, 2.24) is 5.32 Å². The van der Waals surface area contributed by atoms with Crippen molar-refractivity contribution in [3.63, 3.8) is 0 Å². The molecule has 1 aromatic rings. The van der Waals surface area contributed by atoms with Gasteiger partial charge in [-0.3, -0.25) is 4.79 Å². The number of aliphatic hydroxyl groups excluding tert-OH is 1. The largest absolute Gasteiger partial charge is 0.449 e. The maximum Gasteiger partial charge on any atom is 0.407 e. The first-order valence-electron chi connectivity index (χ1n) is 7.01. The van der Waals surface area contributed by atoms with Crippen molar-refractivity contribution in [3.05, 3.63) is 35.9 Å². The highest BCUT2D eigenvalue weighted by Crippen LogP contribution is 2.28. The van der Waals surface area contributed by atoms with Gasteiger partial charge in [-0.05, 0) is 30.7 Å². The fraction of sp³-hybridized carbons (Fsp3) is 0.467. The van der Waals surface area contributed by atoms with Gasteiger partial charge in [0.25, 0.3) is 0 Å². The summed E-state index contributed by atoms with van der Waals surface area (Å²) in [5.74, 6) is -0.428. The molecular weight excluding hydrogens is 272 g/mol. The second-order valence-electron chi connectivity index (χ2n) is 5.33. The van der Waals surface area contributed by atoms with Crippen LogP contribution in [0, 0.1) is 5.92 Å². The Morgan fingerprint density at radius 2 is 2.00 bits per heavy atom. The molecule has 1 saturated carbocycles. The van der Waals surface area contributed by atoms with Crippen molar-refractivity contribution in [3.8, 4) is 0 Å². The normalized spacial score (nSPS) is 16.8. The average molecular weight is 292 g/mol. The summed E-state index contributed by atoms with van der Waals surface area (Å²) < 4.78 is 5.05. The molecule has 6 heteroatoms. The zero-order valence-corrected chi connectivity index (χ0v) is 11.7. The van der Waals surface area contributed by atoms with Crippen LogP contribution in [-0.4, -0.2) is 35.9 Å². The van der Waals surface area contributed by atoms with Crippen LogP contribution >= 0.6 is 0 Å². The Morgan fingerprint density at radius 3 is 2.57 bits per heavy atom. The van der Waals surface area contributed by atoms with E-state index in [2.05, 4.69) is 5.32 Å². The highest BCUT2D eigenvalue weighted by atomic mass is 16.5. The lowest BCUT2D eigenvalue weighted by atomic mass is 10.0. The number of nitrogens with one attached hydrogen (secondary N) is 1. The minimum atomic E-state index is -1.46. The second-order valence-corrected chi connectivity index (χ2v) is 5.33. The van der Waals surface area contributed by atoms with Crippen molar-refractivity contribution in [2.75, 3.05) is 6.61 Å². The van der Waals surface area contributed by atoms with E-state index in [4.69, 9.17) is 10.5 Å². The fourth-order valence-corrected chi connectivity index (χ4v) is 1.98. The molecule has 0 saturated heterocycles. The Balaban J connectivity index is 1.93. The highest BCUT2D eigenvalue weighted by Gasteiger charge is 2.28. The van der Waals surface area contributed by atoms with Crippen LogP contribution in [0.15, 0.2) is 30.3 Å². The van der Waals surface area contributed by atoms with Crippen molar-refractivity contribution < 1.29 is 19.4 Å². The Morgan fingerprint density at radius 1 is 1.33 bits per heavy atom. The van der Waals surface area contributed by atoms with E-state index in [1.54, 1.807) is 0 Å². The molecule has 1 fully saturated rings. The van der Waals surface area contributed by atoms with Crippen LogP contribution in [0.25, 0.3) is 0 Å². The summed E-state index contributed by atoms with van der Waals surface area (Å²) in [6.45, 7) is 0.372. The average Bonchev–Trinajstić information content (AvgIpc) is 3.29. The number of primary amides is 1. The standard InChI is InChI=1S/C15H20N2O4/c16-14(19)13(18)12(8-10-4-2-1-3-5-10)17-15(20)21-9-11-6-7-11/h1-5,11-13,18H,6-9H2,(H2,16,19)(H,17,20). The van der Waals surface area contributed by atoms with Crippen LogP contribution in [0.5, 0.6) is 0 Å². The molecule has 4 N–H and O–H groups in total. The molecule has 0 aromatic heterocycles. The number of alkyl carbamates (subject to hydrolysis) is 1. The summed E-state index contributed by atoms with van der Waals surface area (Å²) in [7, 11) is 0. The Bertz CT molecular complexity index is 488. The lowest BCUT2D eigenvalue weighted by molar-refractivity contribution is -0.127. The molecule has 2 atom stereocenters. The maximum atomic E-state index is 11.7. The molecule has 2 unspecified atom stereocenters. The molecule has 2 amide bonds. The predicted octanol–water partition coefficient (Wildman–Crippen LogP) is 0.580. The van der Waals surface area contributed by atoms with Gasteiger partial charge in [0, 0.05) is 0 Å². The molecule has 0 heterocycles. The first kappa shape index (κ1) is 15.3. The Hall–Kier alpha value is -2.08. The number of nitrogens with two attached hydrogens (primary N) is 1. The molecule has 0 bridgehead atoms. The summed E-state index contributed by atoms with van der Waals surface area (Å²) >= 11 is 0. The van der Waals surface area contributed by atoms with Crippen LogP contribution in [0.1, 0.15) is 18.4 Å². The third kappa shape index (κ3) is 5.07. The van der Waals surface area contributed by atoms with Crippen LogP contribution in [0.3, 0.4) is 0 Å². The van der Waals surface area contributed by atoms with Crippen molar-refractivity contribution >= 4 is 12.0 Å². The van der Waals surface area contributed by atoms with Crippen LogP contribution < -0.4 is 11.1 Å². The number of carbonyl (C=O) groups excluding carboxylic acids is 2. The highest BCUT2D eigenvalue weighted by molar-refractivity contribution is 5.80. The summed E-state index contributed by atoms with van der Waals surface area (Å²) in [6.07, 6.45) is 0.348. The van der Waals surface area contributed by atoms with Crippen LogP contribution in [0.2, 0.25) is 0 Å². The number of aliphatic hydroxyl groups is 1. The van der Waals surface area contributed by atoms with Gasteiger partial charge in [0.1, 0.15) is 0 Å².